The summed E-state index contributed by atoms with van der Waals surface area (Å²) in [5.41, 5.74) is 4.98. The van der Waals surface area contributed by atoms with Crippen LogP contribution in [0.5, 0.6) is 0 Å². The first kappa shape index (κ1) is 19.0. The van der Waals surface area contributed by atoms with Crippen molar-refractivity contribution in [1.82, 2.24) is 30.0 Å². The smallest absolute Gasteiger partial charge is 0.251 e. The summed E-state index contributed by atoms with van der Waals surface area (Å²) in [6.45, 7) is 4.38. The van der Waals surface area contributed by atoms with Crippen molar-refractivity contribution >= 4 is 22.8 Å². The van der Waals surface area contributed by atoms with Gasteiger partial charge in [0.25, 0.3) is 5.91 Å². The van der Waals surface area contributed by atoms with Crippen molar-refractivity contribution in [2.24, 2.45) is 13.0 Å². The number of hydrogen-bond donors (Lipinski definition) is 1. The van der Waals surface area contributed by atoms with Crippen LogP contribution in [-0.2, 0) is 11.8 Å². The van der Waals surface area contributed by atoms with Gasteiger partial charge in [-0.3, -0.25) is 24.2 Å². The molecule has 1 fully saturated rings. The second kappa shape index (κ2) is 7.27. The fraction of sp³-hybridized carbons (Fsp3) is 0.381. The molecular formula is C21H24N6O2. The third-order valence-electron chi connectivity index (χ3n) is 5.81. The first-order valence-electron chi connectivity index (χ1n) is 9.61. The molecule has 2 amide bonds. The van der Waals surface area contributed by atoms with Crippen LogP contribution in [0.3, 0.4) is 0 Å². The second-order valence-corrected chi connectivity index (χ2v) is 7.59. The van der Waals surface area contributed by atoms with Gasteiger partial charge in [0.05, 0.1) is 22.8 Å². The Kier molecular flexibility index (Phi) is 4.77. The summed E-state index contributed by atoms with van der Waals surface area (Å²) >= 11 is 0. The largest absolute Gasteiger partial charge is 0.352 e. The molecule has 150 valence electrons. The van der Waals surface area contributed by atoms with Gasteiger partial charge in [0, 0.05) is 62.2 Å². The summed E-state index contributed by atoms with van der Waals surface area (Å²) < 4.78 is 1.84. The van der Waals surface area contributed by atoms with Gasteiger partial charge in [0.2, 0.25) is 5.91 Å². The Labute approximate surface area is 168 Å². The number of fused-ring (bicyclic) bond motifs is 1. The van der Waals surface area contributed by atoms with Gasteiger partial charge in [-0.25, -0.2) is 0 Å². The van der Waals surface area contributed by atoms with Gasteiger partial charge in [0.15, 0.2) is 0 Å². The van der Waals surface area contributed by atoms with Crippen molar-refractivity contribution in [2.45, 2.75) is 26.3 Å². The van der Waals surface area contributed by atoms with E-state index in [-0.39, 0.29) is 23.8 Å². The van der Waals surface area contributed by atoms with E-state index in [4.69, 9.17) is 0 Å². The van der Waals surface area contributed by atoms with Gasteiger partial charge in [-0.1, -0.05) is 0 Å². The van der Waals surface area contributed by atoms with E-state index in [1.807, 2.05) is 32.6 Å². The highest BCUT2D eigenvalue weighted by molar-refractivity contribution is 5.97. The molecule has 1 aromatic carbocycles. The van der Waals surface area contributed by atoms with E-state index in [1.54, 1.807) is 35.5 Å². The maximum atomic E-state index is 12.7. The molecule has 2 atom stereocenters. The minimum Gasteiger partial charge on any atom is -0.352 e. The molecule has 1 aliphatic rings. The zero-order valence-electron chi connectivity index (χ0n) is 17.0. The number of rotatable bonds is 4. The number of carbonyl (C=O) groups excluding carboxylic acids is 2. The molecule has 0 aliphatic carbocycles. The highest BCUT2D eigenvalue weighted by Gasteiger charge is 2.41. The molecule has 0 unspecified atom stereocenters. The van der Waals surface area contributed by atoms with E-state index >= 15 is 0 Å². The minimum atomic E-state index is -0.182. The molecule has 8 heteroatoms. The van der Waals surface area contributed by atoms with Gasteiger partial charge >= 0.3 is 0 Å². The molecule has 29 heavy (non-hydrogen) atoms. The molecule has 3 aromatic rings. The third kappa shape index (κ3) is 3.35. The Balaban J connectivity index is 1.54. The van der Waals surface area contributed by atoms with Gasteiger partial charge in [0.1, 0.15) is 0 Å². The number of benzene rings is 1. The topological polar surface area (TPSA) is 93.0 Å². The highest BCUT2D eigenvalue weighted by atomic mass is 16.2. The average molecular weight is 392 g/mol. The van der Waals surface area contributed by atoms with Crippen LogP contribution in [0, 0.1) is 19.8 Å². The molecular weight excluding hydrogens is 368 g/mol. The highest BCUT2D eigenvalue weighted by Crippen LogP contribution is 2.39. The Morgan fingerprint density at radius 3 is 2.59 bits per heavy atom. The zero-order valence-corrected chi connectivity index (χ0v) is 17.0. The second-order valence-electron chi connectivity index (χ2n) is 7.59. The number of hydrogen-bond acceptors (Lipinski definition) is 5. The lowest BCUT2D eigenvalue weighted by Crippen LogP contribution is -2.33. The molecule has 1 N–H and O–H groups in total. The maximum Gasteiger partial charge on any atom is 0.251 e. The molecule has 1 saturated heterocycles. The minimum absolute atomic E-state index is 0.0155. The normalized spacial score (nSPS) is 19.2. The molecule has 8 nitrogen and oxygen atoms in total. The van der Waals surface area contributed by atoms with Gasteiger partial charge in [-0.15, -0.1) is 0 Å². The SMILES string of the molecule is Cc1nn(C)c(C)c1[C@@H]1[C@@H](CNC(=O)c2ccc3nccnc3c2)CC(=O)N1C. The number of likely N-dealkylation sites (tertiary alicyclic amines) is 1. The van der Waals surface area contributed by atoms with Crippen molar-refractivity contribution in [3.63, 3.8) is 0 Å². The van der Waals surface area contributed by atoms with E-state index in [9.17, 15) is 9.59 Å². The molecule has 4 rings (SSSR count). The summed E-state index contributed by atoms with van der Waals surface area (Å²) in [6.07, 6.45) is 3.63. The average Bonchev–Trinajstić information content (AvgIpc) is 3.13. The van der Waals surface area contributed by atoms with Crippen molar-refractivity contribution in [1.29, 1.82) is 0 Å². The van der Waals surface area contributed by atoms with Crippen LogP contribution in [0.2, 0.25) is 0 Å². The number of carbonyl (C=O) groups is 2. The van der Waals surface area contributed by atoms with E-state index in [0.29, 0.717) is 24.0 Å². The maximum absolute atomic E-state index is 12.7. The van der Waals surface area contributed by atoms with Crippen molar-refractivity contribution in [3.8, 4) is 0 Å². The molecule has 0 radical (unpaired) electrons. The molecule has 0 saturated carbocycles. The molecule has 2 aromatic heterocycles. The quantitative estimate of drug-likeness (QED) is 0.732. The summed E-state index contributed by atoms with van der Waals surface area (Å²) in [5.74, 6) is -0.117. The van der Waals surface area contributed by atoms with Crippen LogP contribution in [0.25, 0.3) is 11.0 Å². The zero-order chi connectivity index (χ0) is 20.7. The number of aromatic nitrogens is 4. The van der Waals surface area contributed by atoms with Crippen LogP contribution in [0.4, 0.5) is 0 Å². The summed E-state index contributed by atoms with van der Waals surface area (Å²) in [7, 11) is 3.73. The third-order valence-corrected chi connectivity index (χ3v) is 5.81. The molecule has 0 spiro atoms. The molecule has 0 bridgehead atoms. The van der Waals surface area contributed by atoms with Crippen LogP contribution in [-0.4, -0.2) is 50.1 Å². The van der Waals surface area contributed by atoms with Crippen molar-refractivity contribution in [2.75, 3.05) is 13.6 Å². The van der Waals surface area contributed by atoms with Crippen molar-refractivity contribution in [3.05, 3.63) is 53.1 Å². The van der Waals surface area contributed by atoms with E-state index in [0.717, 1.165) is 22.5 Å². The van der Waals surface area contributed by atoms with Gasteiger partial charge in [-0.2, -0.15) is 5.10 Å². The number of nitrogens with zero attached hydrogens (tertiary/aromatic N) is 5. The van der Waals surface area contributed by atoms with Gasteiger partial charge in [-0.05, 0) is 32.0 Å². The Bertz CT molecular complexity index is 1110. The summed E-state index contributed by atoms with van der Waals surface area (Å²) in [4.78, 5) is 35.4. The van der Waals surface area contributed by atoms with Crippen LogP contribution < -0.4 is 5.32 Å². The lowest BCUT2D eigenvalue weighted by molar-refractivity contribution is -0.127. The lowest BCUT2D eigenvalue weighted by atomic mass is 9.92. The first-order valence-corrected chi connectivity index (χ1v) is 9.61. The fourth-order valence-corrected chi connectivity index (χ4v) is 4.21. The summed E-state index contributed by atoms with van der Waals surface area (Å²) in [5, 5.41) is 7.50. The van der Waals surface area contributed by atoms with Crippen molar-refractivity contribution < 1.29 is 9.59 Å². The lowest BCUT2D eigenvalue weighted by Gasteiger charge is -2.26. The van der Waals surface area contributed by atoms with E-state index in [1.165, 1.54) is 0 Å². The summed E-state index contributed by atoms with van der Waals surface area (Å²) in [6, 6.07) is 5.16. The van der Waals surface area contributed by atoms with E-state index < -0.39 is 0 Å². The fourth-order valence-electron chi connectivity index (χ4n) is 4.21. The Morgan fingerprint density at radius 1 is 1.17 bits per heavy atom. The Morgan fingerprint density at radius 2 is 1.90 bits per heavy atom. The van der Waals surface area contributed by atoms with Crippen LogP contribution in [0.1, 0.15) is 39.8 Å². The van der Waals surface area contributed by atoms with Crippen LogP contribution >= 0.6 is 0 Å². The van der Waals surface area contributed by atoms with Crippen LogP contribution in [0.15, 0.2) is 30.6 Å². The monoisotopic (exact) mass is 392 g/mol. The number of amides is 2. The van der Waals surface area contributed by atoms with E-state index in [2.05, 4.69) is 20.4 Å². The van der Waals surface area contributed by atoms with Gasteiger partial charge < -0.3 is 10.2 Å². The molecule has 1 aliphatic heterocycles. The standard InChI is InChI=1S/C21H24N6O2/c1-12-19(13(2)27(4)25-12)20-15(10-18(28)26(20)3)11-24-21(29)14-5-6-16-17(9-14)23-8-7-22-16/h5-9,15,20H,10-11H2,1-4H3,(H,24,29)/t15-,20+/m1/s1. The number of nitrogens with one attached hydrogen (secondary N) is 1. The molecule has 3 heterocycles. The first-order chi connectivity index (χ1) is 13.9. The predicted octanol–water partition coefficient (Wildman–Crippen LogP) is 1.93. The predicted molar refractivity (Wildman–Crippen MR) is 108 cm³/mol. The Hall–Kier alpha value is -3.29. The number of aryl methyl sites for hydroxylation is 2.